The lowest BCUT2D eigenvalue weighted by atomic mass is 9.78. The zero-order valence-corrected chi connectivity index (χ0v) is 16.3. The van der Waals surface area contributed by atoms with Gasteiger partial charge in [0.05, 0.1) is 11.2 Å². The first kappa shape index (κ1) is 18.2. The number of carbonyl (C=O) groups excluding carboxylic acids is 1. The lowest BCUT2D eigenvalue weighted by molar-refractivity contribution is 0.111. The summed E-state index contributed by atoms with van der Waals surface area (Å²) in [7, 11) is 0. The summed E-state index contributed by atoms with van der Waals surface area (Å²) in [6, 6.07) is 9.76. The fraction of sp³-hybridized carbons (Fsp3) is 0.364. The molecule has 4 heteroatoms. The number of aromatic hydroxyl groups is 1. The Bertz CT molecular complexity index is 951. The number of pyridine rings is 1. The summed E-state index contributed by atoms with van der Waals surface area (Å²) in [6.45, 7) is 12.5. The lowest BCUT2D eigenvalue weighted by Gasteiger charge is -2.28. The highest BCUT2D eigenvalue weighted by molar-refractivity contribution is 5.84. The molecule has 2 aromatic heterocycles. The van der Waals surface area contributed by atoms with Gasteiger partial charge in [-0.25, -0.2) is 4.98 Å². The van der Waals surface area contributed by atoms with E-state index < -0.39 is 0 Å². The average Bonchev–Trinajstić information content (AvgIpc) is 2.92. The number of phenolic OH excluding ortho intramolecular Hbond substituents is 1. The van der Waals surface area contributed by atoms with E-state index in [0.29, 0.717) is 11.6 Å². The minimum atomic E-state index is -0.219. The molecule has 4 nitrogen and oxygen atoms in total. The van der Waals surface area contributed by atoms with Crippen molar-refractivity contribution >= 4 is 11.8 Å². The highest BCUT2D eigenvalue weighted by Crippen LogP contribution is 2.42. The fourth-order valence-corrected chi connectivity index (χ4v) is 3.27. The van der Waals surface area contributed by atoms with E-state index in [1.807, 2.05) is 36.5 Å². The predicted octanol–water partition coefficient (Wildman–Crippen LogP) is 5.11. The third-order valence-electron chi connectivity index (χ3n) is 4.68. The Balaban J connectivity index is 2.38. The molecule has 1 N–H and O–H groups in total. The van der Waals surface area contributed by atoms with E-state index in [4.69, 9.17) is 0 Å². The van der Waals surface area contributed by atoms with Gasteiger partial charge in [-0.2, -0.15) is 0 Å². The van der Waals surface area contributed by atoms with Crippen LogP contribution in [0.4, 0.5) is 0 Å². The number of aldehydes is 1. The third kappa shape index (κ3) is 3.00. The first-order chi connectivity index (χ1) is 12.0. The van der Waals surface area contributed by atoms with Crippen molar-refractivity contribution in [2.75, 3.05) is 0 Å². The summed E-state index contributed by atoms with van der Waals surface area (Å²) in [4.78, 5) is 16.0. The summed E-state index contributed by atoms with van der Waals surface area (Å²) in [5.74, 6) is 0.714. The smallest absolute Gasteiger partial charge is 0.185 e. The van der Waals surface area contributed by atoms with E-state index in [9.17, 15) is 9.90 Å². The van der Waals surface area contributed by atoms with Crippen LogP contribution in [0, 0.1) is 0 Å². The number of carbonyl (C=O) groups is 1. The van der Waals surface area contributed by atoms with Crippen LogP contribution in [0.1, 0.15) is 63.3 Å². The Morgan fingerprint density at radius 2 is 1.58 bits per heavy atom. The van der Waals surface area contributed by atoms with Gasteiger partial charge in [0.25, 0.3) is 0 Å². The molecule has 3 rings (SSSR count). The maximum atomic E-state index is 11.4. The number of hydrogen-bond donors (Lipinski definition) is 1. The van der Waals surface area contributed by atoms with Crippen LogP contribution in [0.2, 0.25) is 0 Å². The number of benzene rings is 1. The van der Waals surface area contributed by atoms with Crippen LogP contribution in [-0.2, 0) is 10.8 Å². The standard InChI is InChI=1S/C22H26N2O2/c1-21(2,3)15-11-14(12-16(20(15)26)22(4,5)6)19-17-9-7-8-10-24(17)18(13-25)23-19/h7-13,26H,1-6H3. The molecule has 0 spiro atoms. The molecule has 0 aliphatic rings. The summed E-state index contributed by atoms with van der Waals surface area (Å²) < 4.78 is 1.79. The van der Waals surface area contributed by atoms with Gasteiger partial charge in [0.1, 0.15) is 5.75 Å². The minimum absolute atomic E-state index is 0.219. The van der Waals surface area contributed by atoms with Crippen LogP contribution < -0.4 is 0 Å². The van der Waals surface area contributed by atoms with E-state index in [1.54, 1.807) is 4.40 Å². The van der Waals surface area contributed by atoms with Gasteiger partial charge in [-0.05, 0) is 35.1 Å². The largest absolute Gasteiger partial charge is 0.507 e. The normalized spacial score (nSPS) is 12.5. The SMILES string of the molecule is CC(C)(C)c1cc(-c2nc(C=O)n3ccccc23)cc(C(C)(C)C)c1O. The van der Waals surface area contributed by atoms with Crippen molar-refractivity contribution in [1.82, 2.24) is 9.38 Å². The van der Waals surface area contributed by atoms with E-state index >= 15 is 0 Å². The molecule has 0 saturated carbocycles. The zero-order chi connectivity index (χ0) is 19.3. The van der Waals surface area contributed by atoms with Crippen molar-refractivity contribution in [2.45, 2.75) is 52.4 Å². The summed E-state index contributed by atoms with van der Waals surface area (Å²) in [6.07, 6.45) is 2.61. The van der Waals surface area contributed by atoms with Crippen molar-refractivity contribution in [2.24, 2.45) is 0 Å². The van der Waals surface area contributed by atoms with E-state index in [-0.39, 0.29) is 10.8 Å². The van der Waals surface area contributed by atoms with Gasteiger partial charge >= 0.3 is 0 Å². The van der Waals surface area contributed by atoms with Crippen molar-refractivity contribution < 1.29 is 9.90 Å². The Hall–Kier alpha value is -2.62. The Morgan fingerprint density at radius 3 is 2.08 bits per heavy atom. The molecule has 0 bridgehead atoms. The van der Waals surface area contributed by atoms with Gasteiger partial charge in [-0.15, -0.1) is 0 Å². The average molecular weight is 350 g/mol. The molecule has 2 heterocycles. The van der Waals surface area contributed by atoms with Crippen LogP contribution in [0.15, 0.2) is 36.5 Å². The molecule has 1 aromatic carbocycles. The van der Waals surface area contributed by atoms with Gasteiger partial charge in [0.2, 0.25) is 0 Å². The number of fused-ring (bicyclic) bond motifs is 1. The number of rotatable bonds is 2. The van der Waals surface area contributed by atoms with Crippen molar-refractivity contribution in [3.63, 3.8) is 0 Å². The molecular formula is C22H26N2O2. The van der Waals surface area contributed by atoms with Gasteiger partial charge < -0.3 is 5.11 Å². The number of aromatic nitrogens is 2. The van der Waals surface area contributed by atoms with Crippen LogP contribution in [0.3, 0.4) is 0 Å². The third-order valence-corrected chi connectivity index (χ3v) is 4.68. The summed E-state index contributed by atoms with van der Waals surface area (Å²) in [5, 5.41) is 10.9. The van der Waals surface area contributed by atoms with Gasteiger partial charge in [-0.1, -0.05) is 47.6 Å². The molecule has 0 radical (unpaired) electrons. The van der Waals surface area contributed by atoms with E-state index in [0.717, 1.165) is 34.2 Å². The number of imidazole rings is 1. The lowest BCUT2D eigenvalue weighted by Crippen LogP contribution is -2.17. The molecule has 136 valence electrons. The molecule has 0 amide bonds. The predicted molar refractivity (Wildman–Crippen MR) is 105 cm³/mol. The Kier molecular flexibility index (Phi) is 4.18. The first-order valence-corrected chi connectivity index (χ1v) is 8.84. The van der Waals surface area contributed by atoms with Crippen LogP contribution in [0.5, 0.6) is 5.75 Å². The minimum Gasteiger partial charge on any atom is -0.507 e. The van der Waals surface area contributed by atoms with E-state index in [2.05, 4.69) is 46.5 Å². The van der Waals surface area contributed by atoms with Crippen LogP contribution in [-0.4, -0.2) is 20.8 Å². The molecule has 0 unspecified atom stereocenters. The summed E-state index contributed by atoms with van der Waals surface area (Å²) >= 11 is 0. The summed E-state index contributed by atoms with van der Waals surface area (Å²) in [5.41, 5.74) is 3.86. The van der Waals surface area contributed by atoms with Crippen LogP contribution in [0.25, 0.3) is 16.8 Å². The topological polar surface area (TPSA) is 54.6 Å². The number of hydrogen-bond acceptors (Lipinski definition) is 3. The zero-order valence-electron chi connectivity index (χ0n) is 16.3. The monoisotopic (exact) mass is 350 g/mol. The van der Waals surface area contributed by atoms with Gasteiger partial charge in [0, 0.05) is 22.9 Å². The van der Waals surface area contributed by atoms with Crippen molar-refractivity contribution in [3.8, 4) is 17.0 Å². The molecule has 0 saturated heterocycles. The first-order valence-electron chi connectivity index (χ1n) is 8.84. The Labute approximate surface area is 154 Å². The molecule has 0 fully saturated rings. The molecule has 3 aromatic rings. The second kappa shape index (κ2) is 5.97. The molecule has 26 heavy (non-hydrogen) atoms. The van der Waals surface area contributed by atoms with Crippen molar-refractivity contribution in [3.05, 3.63) is 53.5 Å². The second-order valence-corrected chi connectivity index (χ2v) is 8.81. The maximum absolute atomic E-state index is 11.4. The van der Waals surface area contributed by atoms with Gasteiger partial charge in [0.15, 0.2) is 12.1 Å². The van der Waals surface area contributed by atoms with Gasteiger partial charge in [-0.3, -0.25) is 9.20 Å². The quantitative estimate of drug-likeness (QED) is 0.653. The maximum Gasteiger partial charge on any atom is 0.185 e. The van der Waals surface area contributed by atoms with E-state index in [1.165, 1.54) is 0 Å². The fourth-order valence-electron chi connectivity index (χ4n) is 3.27. The van der Waals surface area contributed by atoms with Crippen molar-refractivity contribution in [1.29, 1.82) is 0 Å². The Morgan fingerprint density at radius 1 is 1.00 bits per heavy atom. The number of nitrogens with zero attached hydrogens (tertiary/aromatic N) is 2. The van der Waals surface area contributed by atoms with Crippen LogP contribution >= 0.6 is 0 Å². The highest BCUT2D eigenvalue weighted by atomic mass is 16.3. The molecule has 0 atom stereocenters. The number of phenols is 1. The molecule has 0 aliphatic heterocycles. The highest BCUT2D eigenvalue weighted by Gasteiger charge is 2.27. The molecular weight excluding hydrogens is 324 g/mol. The molecule has 0 aliphatic carbocycles. The second-order valence-electron chi connectivity index (χ2n) is 8.81.